The molecule has 0 atom stereocenters. The van der Waals surface area contributed by atoms with Gasteiger partial charge < -0.3 is 10.1 Å². The van der Waals surface area contributed by atoms with Gasteiger partial charge in [0.2, 0.25) is 0 Å². The molecule has 88 valence electrons. The summed E-state index contributed by atoms with van der Waals surface area (Å²) in [5, 5.41) is 3.40. The molecule has 1 N–H and O–H groups in total. The highest BCUT2D eigenvalue weighted by Crippen LogP contribution is 2.27. The van der Waals surface area contributed by atoms with Crippen LogP contribution < -0.4 is 10.1 Å². The summed E-state index contributed by atoms with van der Waals surface area (Å²) in [4.78, 5) is 0. The van der Waals surface area contributed by atoms with Gasteiger partial charge in [-0.1, -0.05) is 12.1 Å². The molecule has 0 radical (unpaired) electrons. The lowest BCUT2D eigenvalue weighted by Gasteiger charge is -2.23. The summed E-state index contributed by atoms with van der Waals surface area (Å²) in [7, 11) is 0. The highest BCUT2D eigenvalue weighted by Gasteiger charge is 2.15. The maximum absolute atomic E-state index is 5.73. The summed E-state index contributed by atoms with van der Waals surface area (Å²) in [5.74, 6) is 1.71. The lowest BCUT2D eigenvalue weighted by molar-refractivity contribution is 0.242. The minimum absolute atomic E-state index is 0.253. The van der Waals surface area contributed by atoms with E-state index >= 15 is 0 Å². The van der Waals surface area contributed by atoms with Crippen LogP contribution in [-0.2, 0) is 0 Å². The number of ether oxygens (including phenoxy) is 1. The van der Waals surface area contributed by atoms with Crippen LogP contribution >= 0.6 is 0 Å². The third-order valence-corrected chi connectivity index (χ3v) is 3.04. The van der Waals surface area contributed by atoms with Gasteiger partial charge in [0.1, 0.15) is 5.75 Å². The Labute approximate surface area is 98.0 Å². The Balaban J connectivity index is 2.08. The molecule has 0 unspecified atom stereocenters. The average molecular weight is 219 g/mol. The van der Waals surface area contributed by atoms with Gasteiger partial charge in [0.25, 0.3) is 0 Å². The first-order valence-electron chi connectivity index (χ1n) is 6.23. The van der Waals surface area contributed by atoms with Crippen LogP contribution in [0.2, 0.25) is 0 Å². The van der Waals surface area contributed by atoms with E-state index in [2.05, 4.69) is 37.4 Å². The van der Waals surface area contributed by atoms with Crippen LogP contribution in [0.3, 0.4) is 0 Å². The lowest BCUT2D eigenvalue weighted by Crippen LogP contribution is -2.26. The molecule has 1 saturated heterocycles. The molecule has 0 saturated carbocycles. The van der Waals surface area contributed by atoms with E-state index < -0.39 is 0 Å². The maximum Gasteiger partial charge on any atom is 0.119 e. The van der Waals surface area contributed by atoms with Gasteiger partial charge in [0, 0.05) is 0 Å². The van der Waals surface area contributed by atoms with Gasteiger partial charge in [-0.2, -0.15) is 0 Å². The fraction of sp³-hybridized carbons (Fsp3) is 0.571. The Bertz CT molecular complexity index is 329. The fourth-order valence-corrected chi connectivity index (χ4v) is 2.27. The molecule has 1 aliphatic heterocycles. The van der Waals surface area contributed by atoms with E-state index in [1.165, 1.54) is 18.4 Å². The summed E-state index contributed by atoms with van der Waals surface area (Å²) >= 11 is 0. The van der Waals surface area contributed by atoms with Crippen molar-refractivity contribution in [1.82, 2.24) is 5.32 Å². The minimum Gasteiger partial charge on any atom is -0.491 e. The molecule has 2 nitrogen and oxygen atoms in total. The van der Waals surface area contributed by atoms with Crippen molar-refractivity contribution in [3.63, 3.8) is 0 Å². The summed E-state index contributed by atoms with van der Waals surface area (Å²) in [5.41, 5.74) is 1.43. The molecule has 0 aliphatic carbocycles. The van der Waals surface area contributed by atoms with Crippen molar-refractivity contribution >= 4 is 0 Å². The second-order valence-corrected chi connectivity index (χ2v) is 4.76. The molecular formula is C14H21NO. The largest absolute Gasteiger partial charge is 0.491 e. The predicted molar refractivity (Wildman–Crippen MR) is 67.1 cm³/mol. The topological polar surface area (TPSA) is 21.3 Å². The number of nitrogens with one attached hydrogen (secondary N) is 1. The van der Waals surface area contributed by atoms with E-state index in [1.54, 1.807) is 0 Å². The molecule has 1 aromatic carbocycles. The molecule has 1 aromatic rings. The zero-order chi connectivity index (χ0) is 11.4. The Hall–Kier alpha value is -1.02. The first-order chi connectivity index (χ1) is 7.75. The van der Waals surface area contributed by atoms with Crippen molar-refractivity contribution < 1.29 is 4.74 Å². The van der Waals surface area contributed by atoms with Gasteiger partial charge in [0.05, 0.1) is 6.10 Å². The molecule has 2 heteroatoms. The van der Waals surface area contributed by atoms with Crippen molar-refractivity contribution in [2.75, 3.05) is 13.1 Å². The predicted octanol–water partition coefficient (Wildman–Crippen LogP) is 2.94. The van der Waals surface area contributed by atoms with Gasteiger partial charge in [-0.3, -0.25) is 0 Å². The van der Waals surface area contributed by atoms with Crippen LogP contribution in [0.25, 0.3) is 0 Å². The zero-order valence-corrected chi connectivity index (χ0v) is 10.2. The Morgan fingerprint density at radius 3 is 2.69 bits per heavy atom. The number of hydrogen-bond donors (Lipinski definition) is 1. The SMILES string of the molecule is CC(C)Oc1cccc(C2CCNCC2)c1. The van der Waals surface area contributed by atoms with Crippen LogP contribution in [-0.4, -0.2) is 19.2 Å². The molecule has 2 rings (SSSR count). The monoisotopic (exact) mass is 219 g/mol. The van der Waals surface area contributed by atoms with Crippen LogP contribution in [0.5, 0.6) is 5.75 Å². The molecule has 1 heterocycles. The number of piperidine rings is 1. The van der Waals surface area contributed by atoms with Gasteiger partial charge in [0.15, 0.2) is 0 Å². The summed E-state index contributed by atoms with van der Waals surface area (Å²) in [6.07, 6.45) is 2.74. The van der Waals surface area contributed by atoms with E-state index in [1.807, 2.05) is 6.07 Å². The highest BCUT2D eigenvalue weighted by atomic mass is 16.5. The van der Waals surface area contributed by atoms with Crippen LogP contribution in [0.15, 0.2) is 24.3 Å². The summed E-state index contributed by atoms with van der Waals surface area (Å²) < 4.78 is 5.73. The number of hydrogen-bond acceptors (Lipinski definition) is 2. The van der Waals surface area contributed by atoms with Gasteiger partial charge in [-0.25, -0.2) is 0 Å². The summed E-state index contributed by atoms with van der Waals surface area (Å²) in [6, 6.07) is 8.58. The van der Waals surface area contributed by atoms with Gasteiger partial charge in [-0.15, -0.1) is 0 Å². The van der Waals surface area contributed by atoms with Crippen LogP contribution in [0.4, 0.5) is 0 Å². The van der Waals surface area contributed by atoms with Crippen molar-refractivity contribution in [3.8, 4) is 5.75 Å². The van der Waals surface area contributed by atoms with Crippen molar-refractivity contribution in [2.24, 2.45) is 0 Å². The third-order valence-electron chi connectivity index (χ3n) is 3.04. The van der Waals surface area contributed by atoms with E-state index in [9.17, 15) is 0 Å². The molecule has 0 spiro atoms. The van der Waals surface area contributed by atoms with Crippen molar-refractivity contribution in [3.05, 3.63) is 29.8 Å². The molecular weight excluding hydrogens is 198 g/mol. The molecule has 0 aromatic heterocycles. The smallest absolute Gasteiger partial charge is 0.119 e. The molecule has 0 bridgehead atoms. The van der Waals surface area contributed by atoms with Crippen molar-refractivity contribution in [1.29, 1.82) is 0 Å². The molecule has 16 heavy (non-hydrogen) atoms. The van der Waals surface area contributed by atoms with E-state index in [0.717, 1.165) is 18.8 Å². The first-order valence-corrected chi connectivity index (χ1v) is 6.23. The van der Waals surface area contributed by atoms with Gasteiger partial charge in [-0.05, 0) is 63.4 Å². The average Bonchev–Trinajstić information content (AvgIpc) is 2.30. The Morgan fingerprint density at radius 1 is 1.25 bits per heavy atom. The molecule has 1 fully saturated rings. The second-order valence-electron chi connectivity index (χ2n) is 4.76. The molecule has 0 amide bonds. The van der Waals surface area contributed by atoms with E-state index in [0.29, 0.717) is 5.92 Å². The summed E-state index contributed by atoms with van der Waals surface area (Å²) in [6.45, 7) is 6.41. The van der Waals surface area contributed by atoms with Crippen LogP contribution in [0.1, 0.15) is 38.2 Å². The van der Waals surface area contributed by atoms with E-state index in [-0.39, 0.29) is 6.10 Å². The Kier molecular flexibility index (Phi) is 3.83. The third kappa shape index (κ3) is 2.99. The standard InChI is InChI=1S/C14H21NO/c1-11(2)16-14-5-3-4-13(10-14)12-6-8-15-9-7-12/h3-5,10-12,15H,6-9H2,1-2H3. The fourth-order valence-electron chi connectivity index (χ4n) is 2.27. The minimum atomic E-state index is 0.253. The normalized spacial score (nSPS) is 17.7. The zero-order valence-electron chi connectivity index (χ0n) is 10.2. The quantitative estimate of drug-likeness (QED) is 0.844. The highest BCUT2D eigenvalue weighted by molar-refractivity contribution is 5.31. The maximum atomic E-state index is 5.73. The number of rotatable bonds is 3. The van der Waals surface area contributed by atoms with Crippen molar-refractivity contribution in [2.45, 2.75) is 38.7 Å². The van der Waals surface area contributed by atoms with Gasteiger partial charge >= 0.3 is 0 Å². The van der Waals surface area contributed by atoms with Crippen LogP contribution in [0, 0.1) is 0 Å². The molecule has 1 aliphatic rings. The van der Waals surface area contributed by atoms with E-state index in [4.69, 9.17) is 4.74 Å². The Morgan fingerprint density at radius 2 is 2.00 bits per heavy atom. The lowest BCUT2D eigenvalue weighted by atomic mass is 9.90. The first kappa shape index (κ1) is 11.5. The number of benzene rings is 1. The second kappa shape index (κ2) is 5.35.